The van der Waals surface area contributed by atoms with Gasteiger partial charge in [-0.1, -0.05) is 35.9 Å². The Bertz CT molecular complexity index is 606. The maximum Gasteiger partial charge on any atom is 0.139 e. The van der Waals surface area contributed by atoms with E-state index >= 15 is 0 Å². The van der Waals surface area contributed by atoms with E-state index in [9.17, 15) is 0 Å². The zero-order valence-electron chi connectivity index (χ0n) is 11.9. The molecule has 1 aromatic heterocycles. The van der Waals surface area contributed by atoms with E-state index in [0.29, 0.717) is 11.2 Å². The number of benzene rings is 1. The van der Waals surface area contributed by atoms with Gasteiger partial charge in [-0.2, -0.15) is 0 Å². The lowest BCUT2D eigenvalue weighted by Crippen LogP contribution is -2.36. The fourth-order valence-electron chi connectivity index (χ4n) is 2.71. The fourth-order valence-corrected chi connectivity index (χ4v) is 2.97. The Morgan fingerprint density at radius 1 is 1.35 bits per heavy atom. The van der Waals surface area contributed by atoms with Crippen molar-refractivity contribution < 1.29 is 0 Å². The van der Waals surface area contributed by atoms with Crippen LogP contribution in [-0.4, -0.2) is 36.6 Å². The van der Waals surface area contributed by atoms with Crippen molar-refractivity contribution in [3.05, 3.63) is 35.5 Å². The highest BCUT2D eigenvalue weighted by molar-refractivity contribution is 6.34. The lowest BCUT2D eigenvalue weighted by molar-refractivity contribution is 0.276. The largest absolute Gasteiger partial charge is 0.368 e. The fraction of sp³-hybridized carbons (Fsp3) is 0.438. The van der Waals surface area contributed by atoms with E-state index in [1.807, 2.05) is 18.2 Å². The van der Waals surface area contributed by atoms with E-state index in [-0.39, 0.29) is 0 Å². The van der Waals surface area contributed by atoms with Crippen molar-refractivity contribution >= 4 is 28.2 Å². The van der Waals surface area contributed by atoms with Crippen LogP contribution in [0.1, 0.15) is 12.8 Å². The first-order valence-corrected chi connectivity index (χ1v) is 7.48. The number of nitrogens with one attached hydrogen (secondary N) is 1. The third kappa shape index (κ3) is 2.89. The lowest BCUT2D eigenvalue weighted by Gasteiger charge is -2.24. The monoisotopic (exact) mass is 289 g/mol. The van der Waals surface area contributed by atoms with E-state index in [2.05, 4.69) is 41.4 Å². The highest BCUT2D eigenvalue weighted by atomic mass is 35.5. The first-order chi connectivity index (χ1) is 9.65. The Labute approximate surface area is 124 Å². The average Bonchev–Trinajstić information content (AvgIpc) is 3.23. The van der Waals surface area contributed by atoms with Gasteiger partial charge in [0.1, 0.15) is 11.0 Å². The van der Waals surface area contributed by atoms with Gasteiger partial charge in [0.2, 0.25) is 0 Å². The standard InChI is InChI=1S/C16H20ClN3/c1-20(2)14(11-7-8-11)10-18-15-9-12-5-3-4-6-13(12)16(17)19-15/h3-6,9,11,14H,7-8,10H2,1-2H3,(H,18,19). The van der Waals surface area contributed by atoms with Gasteiger partial charge in [0.15, 0.2) is 0 Å². The number of aromatic nitrogens is 1. The molecule has 1 aromatic carbocycles. The summed E-state index contributed by atoms with van der Waals surface area (Å²) >= 11 is 6.25. The van der Waals surface area contributed by atoms with Crippen LogP contribution >= 0.6 is 11.6 Å². The maximum atomic E-state index is 6.25. The topological polar surface area (TPSA) is 28.2 Å². The molecular formula is C16H20ClN3. The van der Waals surface area contributed by atoms with Crippen molar-refractivity contribution in [1.29, 1.82) is 0 Å². The van der Waals surface area contributed by atoms with Gasteiger partial charge in [-0.3, -0.25) is 0 Å². The Morgan fingerprint density at radius 2 is 2.10 bits per heavy atom. The van der Waals surface area contributed by atoms with Crippen LogP contribution in [0, 0.1) is 5.92 Å². The summed E-state index contributed by atoms with van der Waals surface area (Å²) in [6.45, 7) is 0.916. The molecular weight excluding hydrogens is 270 g/mol. The average molecular weight is 290 g/mol. The SMILES string of the molecule is CN(C)C(CNc1cc2ccccc2c(Cl)n1)C1CC1. The van der Waals surface area contributed by atoms with Gasteiger partial charge in [0, 0.05) is 18.0 Å². The molecule has 1 N–H and O–H groups in total. The van der Waals surface area contributed by atoms with Gasteiger partial charge in [0.05, 0.1) is 0 Å². The van der Waals surface area contributed by atoms with Gasteiger partial charge in [-0.05, 0) is 44.3 Å². The van der Waals surface area contributed by atoms with Gasteiger partial charge in [-0.15, -0.1) is 0 Å². The summed E-state index contributed by atoms with van der Waals surface area (Å²) in [6.07, 6.45) is 2.69. The molecule has 4 heteroatoms. The van der Waals surface area contributed by atoms with Crippen LogP contribution in [-0.2, 0) is 0 Å². The van der Waals surface area contributed by atoms with Crippen molar-refractivity contribution in [3.63, 3.8) is 0 Å². The zero-order valence-corrected chi connectivity index (χ0v) is 12.7. The summed E-state index contributed by atoms with van der Waals surface area (Å²) in [5.41, 5.74) is 0. The molecule has 0 spiro atoms. The number of rotatable bonds is 5. The van der Waals surface area contributed by atoms with Gasteiger partial charge in [-0.25, -0.2) is 4.98 Å². The molecule has 3 nitrogen and oxygen atoms in total. The zero-order chi connectivity index (χ0) is 14.1. The molecule has 1 aliphatic rings. The number of fused-ring (bicyclic) bond motifs is 1. The first kappa shape index (κ1) is 13.7. The normalized spacial score (nSPS) is 16.6. The smallest absolute Gasteiger partial charge is 0.139 e. The molecule has 106 valence electrons. The van der Waals surface area contributed by atoms with Crippen molar-refractivity contribution in [2.45, 2.75) is 18.9 Å². The van der Waals surface area contributed by atoms with E-state index < -0.39 is 0 Å². The number of anilines is 1. The summed E-state index contributed by atoms with van der Waals surface area (Å²) < 4.78 is 0. The molecule has 0 bridgehead atoms. The minimum atomic E-state index is 0.568. The number of hydrogen-bond donors (Lipinski definition) is 1. The molecule has 0 saturated heterocycles. The highest BCUT2D eigenvalue weighted by Gasteiger charge is 2.32. The van der Waals surface area contributed by atoms with Crippen molar-refractivity contribution in [2.75, 3.05) is 26.0 Å². The molecule has 3 rings (SSSR count). The molecule has 0 amide bonds. The molecule has 0 radical (unpaired) electrons. The number of hydrogen-bond acceptors (Lipinski definition) is 3. The van der Waals surface area contributed by atoms with Crippen LogP contribution in [0.4, 0.5) is 5.82 Å². The Kier molecular flexibility index (Phi) is 3.81. The van der Waals surface area contributed by atoms with Crippen LogP contribution in [0.3, 0.4) is 0 Å². The van der Waals surface area contributed by atoms with Crippen LogP contribution in [0.2, 0.25) is 5.15 Å². The number of halogens is 1. The first-order valence-electron chi connectivity index (χ1n) is 7.11. The Morgan fingerprint density at radius 3 is 2.80 bits per heavy atom. The molecule has 0 aliphatic heterocycles. The Hall–Kier alpha value is -1.32. The predicted octanol–water partition coefficient (Wildman–Crippen LogP) is 3.64. The number of likely N-dealkylation sites (N-methyl/N-ethyl adjacent to an activating group) is 1. The summed E-state index contributed by atoms with van der Waals surface area (Å²) in [7, 11) is 4.29. The lowest BCUT2D eigenvalue weighted by atomic mass is 10.1. The highest BCUT2D eigenvalue weighted by Crippen LogP contribution is 2.34. The van der Waals surface area contributed by atoms with Crippen molar-refractivity contribution in [1.82, 2.24) is 9.88 Å². The summed E-state index contributed by atoms with van der Waals surface area (Å²) in [5.74, 6) is 1.69. The quantitative estimate of drug-likeness (QED) is 0.852. The van der Waals surface area contributed by atoms with Crippen LogP contribution in [0.25, 0.3) is 10.8 Å². The van der Waals surface area contributed by atoms with Crippen molar-refractivity contribution in [3.8, 4) is 0 Å². The van der Waals surface area contributed by atoms with Crippen molar-refractivity contribution in [2.24, 2.45) is 5.92 Å². The van der Waals surface area contributed by atoms with E-state index in [0.717, 1.165) is 29.1 Å². The third-order valence-corrected chi connectivity index (χ3v) is 4.30. The summed E-state index contributed by atoms with van der Waals surface area (Å²) in [4.78, 5) is 6.75. The van der Waals surface area contributed by atoms with Gasteiger partial charge in [0.25, 0.3) is 0 Å². The molecule has 1 unspecified atom stereocenters. The molecule has 1 aliphatic carbocycles. The summed E-state index contributed by atoms with van der Waals surface area (Å²) in [6, 6.07) is 10.7. The third-order valence-electron chi connectivity index (χ3n) is 4.02. The van der Waals surface area contributed by atoms with Gasteiger partial charge >= 0.3 is 0 Å². The van der Waals surface area contributed by atoms with Crippen LogP contribution in [0.15, 0.2) is 30.3 Å². The summed E-state index contributed by atoms with van der Waals surface area (Å²) in [5, 5.41) is 6.14. The van der Waals surface area contributed by atoms with Crippen LogP contribution in [0.5, 0.6) is 0 Å². The molecule has 1 atom stereocenters. The molecule has 20 heavy (non-hydrogen) atoms. The number of nitrogens with zero attached hydrogens (tertiary/aromatic N) is 2. The van der Waals surface area contributed by atoms with Gasteiger partial charge < -0.3 is 10.2 Å². The second-order valence-electron chi connectivity index (χ2n) is 5.77. The molecule has 1 heterocycles. The minimum absolute atomic E-state index is 0.568. The van der Waals surface area contributed by atoms with E-state index in [1.165, 1.54) is 12.8 Å². The van der Waals surface area contributed by atoms with E-state index in [1.54, 1.807) is 0 Å². The maximum absolute atomic E-state index is 6.25. The number of pyridine rings is 1. The minimum Gasteiger partial charge on any atom is -0.368 e. The molecule has 1 saturated carbocycles. The predicted molar refractivity (Wildman–Crippen MR) is 85.4 cm³/mol. The molecule has 1 fully saturated rings. The second-order valence-corrected chi connectivity index (χ2v) is 6.13. The molecule has 2 aromatic rings. The second kappa shape index (κ2) is 5.58. The van der Waals surface area contributed by atoms with E-state index in [4.69, 9.17) is 11.6 Å². The van der Waals surface area contributed by atoms with Crippen LogP contribution < -0.4 is 5.32 Å². The Balaban J connectivity index is 1.77.